The van der Waals surface area contributed by atoms with Gasteiger partial charge in [0.25, 0.3) is 0 Å². The number of anilines is 1. The highest BCUT2D eigenvalue weighted by Gasteiger charge is 2.15. The number of hydrogen-bond acceptors (Lipinski definition) is 4. The number of H-pyrrole nitrogens is 1. The van der Waals surface area contributed by atoms with Crippen molar-refractivity contribution in [3.63, 3.8) is 0 Å². The molecule has 0 spiro atoms. The van der Waals surface area contributed by atoms with Crippen LogP contribution in [0.1, 0.15) is 23.2 Å². The second-order valence-corrected chi connectivity index (χ2v) is 5.40. The lowest BCUT2D eigenvalue weighted by atomic mass is 10.0. The number of hydrogen-bond donors (Lipinski definition) is 3. The average Bonchev–Trinajstić information content (AvgIpc) is 2.86. The molecule has 0 atom stereocenters. The number of aromatic amines is 1. The molecule has 0 fully saturated rings. The molecule has 0 saturated carbocycles. The Labute approximate surface area is 128 Å². The Kier molecular flexibility index (Phi) is 3.75. The molecule has 0 bridgehead atoms. The molecule has 21 heavy (non-hydrogen) atoms. The first-order valence-corrected chi connectivity index (χ1v) is 7.14. The van der Waals surface area contributed by atoms with Gasteiger partial charge in [-0.15, -0.1) is 0 Å². The van der Waals surface area contributed by atoms with Crippen molar-refractivity contribution < 1.29 is 4.74 Å². The number of allylic oxidation sites excluding steroid dienone is 1. The van der Waals surface area contributed by atoms with Crippen LogP contribution in [0.5, 0.6) is 5.75 Å². The summed E-state index contributed by atoms with van der Waals surface area (Å²) in [6.45, 7) is 0.711. The third-order valence-electron chi connectivity index (χ3n) is 3.61. The van der Waals surface area contributed by atoms with E-state index in [1.165, 1.54) is 0 Å². The van der Waals surface area contributed by atoms with E-state index >= 15 is 0 Å². The van der Waals surface area contributed by atoms with Gasteiger partial charge < -0.3 is 15.8 Å². The van der Waals surface area contributed by atoms with Crippen molar-refractivity contribution in [3.8, 4) is 5.75 Å². The fourth-order valence-corrected chi connectivity index (χ4v) is 2.72. The molecule has 5 nitrogen and oxygen atoms in total. The van der Waals surface area contributed by atoms with Crippen molar-refractivity contribution in [1.82, 2.24) is 15.5 Å². The Bertz CT molecular complexity index is 693. The number of aromatic nitrogens is 2. The summed E-state index contributed by atoms with van der Waals surface area (Å²) in [5.74, 6) is 1.24. The first kappa shape index (κ1) is 13.8. The van der Waals surface area contributed by atoms with Gasteiger partial charge in [0, 0.05) is 23.5 Å². The van der Waals surface area contributed by atoms with Crippen molar-refractivity contribution in [2.45, 2.75) is 19.4 Å². The van der Waals surface area contributed by atoms with Gasteiger partial charge in [-0.1, -0.05) is 17.7 Å². The third-order valence-corrected chi connectivity index (χ3v) is 3.91. The predicted octanol–water partition coefficient (Wildman–Crippen LogP) is 2.73. The molecule has 0 aliphatic heterocycles. The van der Waals surface area contributed by atoms with Crippen LogP contribution in [0, 0.1) is 0 Å². The lowest BCUT2D eigenvalue weighted by molar-refractivity contribution is 0.415. The number of nitrogen functional groups attached to an aromatic ring is 1. The minimum atomic E-state index is 0.552. The Morgan fingerprint density at radius 1 is 1.43 bits per heavy atom. The molecule has 0 saturated heterocycles. The van der Waals surface area contributed by atoms with Gasteiger partial charge in [-0.25, -0.2) is 0 Å². The van der Waals surface area contributed by atoms with Gasteiger partial charge in [0.15, 0.2) is 5.82 Å². The molecule has 0 radical (unpaired) electrons. The lowest BCUT2D eigenvalue weighted by Crippen LogP contribution is -2.16. The normalized spacial score (nSPS) is 13.5. The van der Waals surface area contributed by atoms with E-state index in [-0.39, 0.29) is 0 Å². The zero-order chi connectivity index (χ0) is 14.8. The van der Waals surface area contributed by atoms with Crippen LogP contribution in [-0.2, 0) is 13.0 Å². The van der Waals surface area contributed by atoms with Crippen molar-refractivity contribution in [3.05, 3.63) is 45.7 Å². The maximum Gasteiger partial charge on any atom is 0.152 e. The number of halogens is 1. The quantitative estimate of drug-likeness (QED) is 0.812. The molecule has 110 valence electrons. The number of nitrogens with one attached hydrogen (secondary N) is 2. The van der Waals surface area contributed by atoms with Gasteiger partial charge in [-0.05, 0) is 36.6 Å². The monoisotopic (exact) mass is 304 g/mol. The molecule has 2 aromatic rings. The highest BCUT2D eigenvalue weighted by molar-refractivity contribution is 6.32. The van der Waals surface area contributed by atoms with Crippen LogP contribution in [0.2, 0.25) is 5.02 Å². The number of rotatable bonds is 4. The Morgan fingerprint density at radius 2 is 2.29 bits per heavy atom. The number of benzene rings is 1. The number of aryl methyl sites for hydroxylation is 1. The van der Waals surface area contributed by atoms with Crippen molar-refractivity contribution in [1.29, 1.82) is 0 Å². The maximum atomic E-state index is 6.13. The van der Waals surface area contributed by atoms with Crippen LogP contribution < -0.4 is 15.8 Å². The molecule has 1 aromatic heterocycles. The van der Waals surface area contributed by atoms with Crippen LogP contribution >= 0.6 is 11.6 Å². The maximum absolute atomic E-state index is 6.13. The van der Waals surface area contributed by atoms with Crippen molar-refractivity contribution in [2.75, 3.05) is 12.8 Å². The minimum absolute atomic E-state index is 0.552. The predicted molar refractivity (Wildman–Crippen MR) is 84.1 cm³/mol. The van der Waals surface area contributed by atoms with E-state index in [9.17, 15) is 0 Å². The SMILES string of the molecule is COc1ccc(CNC2=Cc3c(N)n[nH]c3CC2)cc1Cl. The summed E-state index contributed by atoms with van der Waals surface area (Å²) in [4.78, 5) is 0. The number of nitrogens with two attached hydrogens (primary N) is 1. The minimum Gasteiger partial charge on any atom is -0.495 e. The molecule has 0 amide bonds. The molecular weight excluding hydrogens is 288 g/mol. The van der Waals surface area contributed by atoms with E-state index in [4.69, 9.17) is 22.1 Å². The Hall–Kier alpha value is -2.14. The van der Waals surface area contributed by atoms with E-state index in [0.717, 1.165) is 35.4 Å². The summed E-state index contributed by atoms with van der Waals surface area (Å²) in [7, 11) is 1.61. The Balaban J connectivity index is 1.70. The standard InChI is InChI=1S/C15H17ClN4O/c1-21-14-5-2-9(6-12(14)16)8-18-10-3-4-13-11(7-10)15(17)20-19-13/h2,5-7,18H,3-4,8H2,1H3,(H3,17,19,20). The number of ether oxygens (including phenoxy) is 1. The number of methoxy groups -OCH3 is 1. The number of nitrogens with zero attached hydrogens (tertiary/aromatic N) is 1. The van der Waals surface area contributed by atoms with E-state index < -0.39 is 0 Å². The largest absolute Gasteiger partial charge is 0.495 e. The van der Waals surface area contributed by atoms with Gasteiger partial charge in [-0.3, -0.25) is 5.10 Å². The second kappa shape index (κ2) is 5.69. The van der Waals surface area contributed by atoms with E-state index in [0.29, 0.717) is 23.1 Å². The van der Waals surface area contributed by atoms with Gasteiger partial charge in [0.1, 0.15) is 5.75 Å². The second-order valence-electron chi connectivity index (χ2n) is 4.99. The van der Waals surface area contributed by atoms with Gasteiger partial charge in [-0.2, -0.15) is 5.10 Å². The summed E-state index contributed by atoms with van der Waals surface area (Å²) in [5, 5.41) is 11.0. The summed E-state index contributed by atoms with van der Waals surface area (Å²) < 4.78 is 5.15. The first-order valence-electron chi connectivity index (χ1n) is 6.77. The third kappa shape index (κ3) is 2.83. The zero-order valence-electron chi connectivity index (χ0n) is 11.7. The first-order chi connectivity index (χ1) is 10.2. The van der Waals surface area contributed by atoms with Crippen LogP contribution in [0.3, 0.4) is 0 Å². The Morgan fingerprint density at radius 3 is 3.05 bits per heavy atom. The summed E-state index contributed by atoms with van der Waals surface area (Å²) in [5.41, 5.74) is 10.2. The van der Waals surface area contributed by atoms with Crippen LogP contribution in [0.4, 0.5) is 5.82 Å². The van der Waals surface area contributed by atoms with Gasteiger partial charge >= 0.3 is 0 Å². The summed E-state index contributed by atoms with van der Waals surface area (Å²) >= 11 is 6.13. The fourth-order valence-electron chi connectivity index (χ4n) is 2.44. The van der Waals surface area contributed by atoms with E-state index in [1.54, 1.807) is 7.11 Å². The lowest BCUT2D eigenvalue weighted by Gasteiger charge is -2.16. The van der Waals surface area contributed by atoms with Crippen LogP contribution in [-0.4, -0.2) is 17.3 Å². The molecule has 4 N–H and O–H groups in total. The highest BCUT2D eigenvalue weighted by Crippen LogP contribution is 2.27. The molecule has 1 aliphatic carbocycles. The molecule has 0 unspecified atom stereocenters. The van der Waals surface area contributed by atoms with Crippen molar-refractivity contribution >= 4 is 23.5 Å². The van der Waals surface area contributed by atoms with Crippen molar-refractivity contribution in [2.24, 2.45) is 0 Å². The van der Waals surface area contributed by atoms with Crippen LogP contribution in [0.15, 0.2) is 23.9 Å². The highest BCUT2D eigenvalue weighted by atomic mass is 35.5. The molecule has 6 heteroatoms. The molecular formula is C15H17ClN4O. The molecule has 3 rings (SSSR count). The smallest absolute Gasteiger partial charge is 0.152 e. The number of fused-ring (bicyclic) bond motifs is 1. The molecule has 1 heterocycles. The zero-order valence-corrected chi connectivity index (χ0v) is 12.5. The fraction of sp³-hybridized carbons (Fsp3) is 0.267. The van der Waals surface area contributed by atoms with Gasteiger partial charge in [0.05, 0.1) is 12.1 Å². The average molecular weight is 305 g/mol. The molecule has 1 aliphatic rings. The molecule has 1 aromatic carbocycles. The summed E-state index contributed by atoms with van der Waals surface area (Å²) in [6.07, 6.45) is 3.92. The van der Waals surface area contributed by atoms with E-state index in [2.05, 4.69) is 21.6 Å². The van der Waals surface area contributed by atoms with Crippen LogP contribution in [0.25, 0.3) is 6.08 Å². The summed E-state index contributed by atoms with van der Waals surface area (Å²) in [6, 6.07) is 5.79. The van der Waals surface area contributed by atoms with E-state index in [1.807, 2.05) is 18.2 Å². The van der Waals surface area contributed by atoms with Gasteiger partial charge in [0.2, 0.25) is 0 Å². The topological polar surface area (TPSA) is 76.0 Å².